The minimum absolute atomic E-state index is 0.116. The lowest BCUT2D eigenvalue weighted by molar-refractivity contribution is -0.276. The maximum Gasteiger partial charge on any atom is 0.309 e. The Bertz CT molecular complexity index is 1140. The number of aliphatic hydroxyl groups is 1. The van der Waals surface area contributed by atoms with Gasteiger partial charge in [0.2, 0.25) is 12.6 Å². The van der Waals surface area contributed by atoms with Crippen LogP contribution in [0.1, 0.15) is 87.0 Å². The molecule has 43 heavy (non-hydrogen) atoms. The average Bonchev–Trinajstić information content (AvgIpc) is 3.24. The van der Waals surface area contributed by atoms with Crippen LogP contribution < -0.4 is 0 Å². The van der Waals surface area contributed by atoms with E-state index < -0.39 is 71.5 Å². The Kier molecular flexibility index (Phi) is 11.0. The van der Waals surface area contributed by atoms with Gasteiger partial charge < -0.3 is 24.1 Å². The van der Waals surface area contributed by atoms with E-state index in [0.717, 1.165) is 5.57 Å². The van der Waals surface area contributed by atoms with Gasteiger partial charge in [0.25, 0.3) is 0 Å². The smallest absolute Gasteiger partial charge is 0.309 e. The maximum atomic E-state index is 13.0. The Morgan fingerprint density at radius 2 is 1.77 bits per heavy atom. The molecule has 3 aliphatic rings. The molecule has 10 heteroatoms. The van der Waals surface area contributed by atoms with Crippen molar-refractivity contribution >= 4 is 23.9 Å². The van der Waals surface area contributed by atoms with Gasteiger partial charge in [-0.3, -0.25) is 23.9 Å². The van der Waals surface area contributed by atoms with Gasteiger partial charge in [-0.1, -0.05) is 59.4 Å². The number of hydrogen-bond donors (Lipinski definition) is 1. The predicted molar refractivity (Wildman–Crippen MR) is 157 cm³/mol. The zero-order valence-corrected chi connectivity index (χ0v) is 26.6. The molecule has 0 aromatic heterocycles. The molecule has 1 saturated heterocycles. The van der Waals surface area contributed by atoms with E-state index in [1.165, 1.54) is 13.8 Å². The van der Waals surface area contributed by atoms with E-state index in [9.17, 15) is 24.3 Å². The molecule has 1 N–H and O–H groups in total. The Hall–Kier alpha value is -2.98. The molecule has 0 bridgehead atoms. The van der Waals surface area contributed by atoms with Gasteiger partial charge in [-0.05, 0) is 49.5 Å². The Morgan fingerprint density at radius 1 is 1.12 bits per heavy atom. The Morgan fingerprint density at radius 3 is 2.33 bits per heavy atom. The van der Waals surface area contributed by atoms with Crippen LogP contribution in [0.3, 0.4) is 0 Å². The van der Waals surface area contributed by atoms with Crippen LogP contribution in [0.5, 0.6) is 0 Å². The molecule has 0 unspecified atom stereocenters. The average molecular weight is 605 g/mol. The molecule has 1 heterocycles. The molecule has 0 aromatic rings. The van der Waals surface area contributed by atoms with Gasteiger partial charge in [-0.15, -0.1) is 0 Å². The van der Waals surface area contributed by atoms with Crippen LogP contribution in [0.25, 0.3) is 0 Å². The van der Waals surface area contributed by atoms with Crippen LogP contribution in [0, 0.1) is 28.6 Å². The van der Waals surface area contributed by atoms with E-state index in [-0.39, 0.29) is 24.7 Å². The fourth-order valence-corrected chi connectivity index (χ4v) is 7.05. The second-order valence-electron chi connectivity index (χ2n) is 12.5. The number of carbonyl (C=O) groups excluding carboxylic acids is 4. The molecule has 3 rings (SSSR count). The third-order valence-electron chi connectivity index (χ3n) is 9.75. The normalized spacial score (nSPS) is 35.3. The monoisotopic (exact) mass is 604 g/mol. The molecule has 1 spiro atoms. The first-order valence-corrected chi connectivity index (χ1v) is 15.3. The Labute approximate surface area is 254 Å². The van der Waals surface area contributed by atoms with Crippen LogP contribution >= 0.6 is 0 Å². The fourth-order valence-electron chi connectivity index (χ4n) is 7.05. The van der Waals surface area contributed by atoms with Crippen LogP contribution in [0.2, 0.25) is 0 Å². The van der Waals surface area contributed by atoms with Crippen LogP contribution in [-0.4, -0.2) is 59.9 Å². The molecule has 1 saturated carbocycles. The summed E-state index contributed by atoms with van der Waals surface area (Å²) >= 11 is 0. The van der Waals surface area contributed by atoms with Crippen molar-refractivity contribution in [3.63, 3.8) is 0 Å². The number of esters is 4. The van der Waals surface area contributed by atoms with Gasteiger partial charge in [0, 0.05) is 31.8 Å². The minimum Gasteiger partial charge on any atom is -0.459 e. The summed E-state index contributed by atoms with van der Waals surface area (Å²) in [5, 5.41) is 12.3. The van der Waals surface area contributed by atoms with Gasteiger partial charge in [0.1, 0.15) is 18.3 Å². The Balaban J connectivity index is 2.30. The van der Waals surface area contributed by atoms with Crippen molar-refractivity contribution in [2.24, 2.45) is 28.6 Å². The first-order valence-electron chi connectivity index (χ1n) is 15.3. The summed E-state index contributed by atoms with van der Waals surface area (Å²) in [7, 11) is 0. The highest BCUT2D eigenvalue weighted by Gasteiger charge is 2.74. The molecule has 0 amide bonds. The van der Waals surface area contributed by atoms with Gasteiger partial charge in [0.15, 0.2) is 0 Å². The molecule has 2 aliphatic carbocycles. The van der Waals surface area contributed by atoms with Crippen molar-refractivity contribution in [2.75, 3.05) is 0 Å². The summed E-state index contributed by atoms with van der Waals surface area (Å²) in [6.07, 6.45) is 0.00749. The molecular formula is C33H48O10. The van der Waals surface area contributed by atoms with E-state index in [2.05, 4.69) is 13.2 Å². The molecule has 2 fully saturated rings. The molecule has 0 radical (unpaired) electrons. The standard InChI is InChI=1S/C33H48O10/c1-10-13-26(36)42-30-24-16-23(41-29(38)19(5)12-3)17-25-32(9,15-14-18(4)11-2)20(6)27(39-21(7)34)28(37)33(24,25)31(43-30)40-22(8)35/h11,16,19-20,23,25,27-28,30-31,37H,2,4,10,12-15,17H2,1,3,5-9H3/t19-,20-,23-,25+,27+,28+,30+,31-,32-,33-/m0/s1. The first kappa shape index (κ1) is 34.5. The molecular weight excluding hydrogens is 556 g/mol. The SMILES string of the molecule is C=CC(=C)CC[C@]1(C)[C@H]2C[C@@H](OC(=O)[C@@H](C)CC)C=C3[C@H](OC(=O)CCC)O[C@H](OC(C)=O)[C@@]32[C@H](O)[C@H](OC(C)=O)[C@@H]1C. The number of allylic oxidation sites excluding steroid dienone is 2. The number of carbonyl (C=O) groups is 4. The topological polar surface area (TPSA) is 135 Å². The van der Waals surface area contributed by atoms with Gasteiger partial charge in [-0.2, -0.15) is 0 Å². The highest BCUT2D eigenvalue weighted by atomic mass is 16.8. The van der Waals surface area contributed by atoms with Crippen molar-refractivity contribution in [1.29, 1.82) is 0 Å². The first-order chi connectivity index (χ1) is 20.2. The number of ether oxygens (including phenoxy) is 5. The largest absolute Gasteiger partial charge is 0.459 e. The van der Waals surface area contributed by atoms with E-state index >= 15 is 0 Å². The summed E-state index contributed by atoms with van der Waals surface area (Å²) < 4.78 is 29.5. The summed E-state index contributed by atoms with van der Waals surface area (Å²) in [6.45, 7) is 19.9. The van der Waals surface area contributed by atoms with Crippen molar-refractivity contribution in [3.8, 4) is 0 Å². The molecule has 240 valence electrons. The number of hydrogen-bond acceptors (Lipinski definition) is 10. The summed E-state index contributed by atoms with van der Waals surface area (Å²) in [6, 6.07) is 0. The van der Waals surface area contributed by atoms with Gasteiger partial charge in [-0.25, -0.2) is 0 Å². The predicted octanol–water partition coefficient (Wildman–Crippen LogP) is 4.94. The molecule has 0 aromatic carbocycles. The van der Waals surface area contributed by atoms with Crippen LogP contribution in [0.4, 0.5) is 0 Å². The minimum atomic E-state index is -1.49. The third kappa shape index (κ3) is 6.60. The zero-order valence-electron chi connectivity index (χ0n) is 26.6. The highest BCUT2D eigenvalue weighted by Crippen LogP contribution is 2.67. The van der Waals surface area contributed by atoms with Crippen molar-refractivity contribution < 1.29 is 48.0 Å². The lowest BCUT2D eigenvalue weighted by Crippen LogP contribution is -2.68. The fraction of sp³-hybridized carbons (Fsp3) is 0.697. The maximum absolute atomic E-state index is 13.0. The van der Waals surface area contributed by atoms with Gasteiger partial charge >= 0.3 is 23.9 Å². The summed E-state index contributed by atoms with van der Waals surface area (Å²) in [5.74, 6) is -3.45. The van der Waals surface area contributed by atoms with Gasteiger partial charge in [0.05, 0.1) is 11.3 Å². The molecule has 1 aliphatic heterocycles. The third-order valence-corrected chi connectivity index (χ3v) is 9.75. The molecule has 10 nitrogen and oxygen atoms in total. The second kappa shape index (κ2) is 13.8. The van der Waals surface area contributed by atoms with Crippen molar-refractivity contribution in [2.45, 2.75) is 118 Å². The zero-order chi connectivity index (χ0) is 32.3. The summed E-state index contributed by atoms with van der Waals surface area (Å²) in [4.78, 5) is 50.6. The number of aliphatic hydroxyl groups excluding tert-OH is 1. The molecule has 10 atom stereocenters. The lowest BCUT2D eigenvalue weighted by Gasteiger charge is -2.62. The van der Waals surface area contributed by atoms with E-state index in [1.807, 2.05) is 27.7 Å². The quantitative estimate of drug-likeness (QED) is 0.141. The van der Waals surface area contributed by atoms with E-state index in [1.54, 1.807) is 19.1 Å². The van der Waals surface area contributed by atoms with E-state index in [4.69, 9.17) is 23.7 Å². The lowest BCUT2D eigenvalue weighted by atomic mass is 9.44. The highest BCUT2D eigenvalue weighted by molar-refractivity contribution is 5.72. The van der Waals surface area contributed by atoms with Crippen LogP contribution in [0.15, 0.2) is 36.5 Å². The summed E-state index contributed by atoms with van der Waals surface area (Å²) in [5.41, 5.74) is -1.07. The van der Waals surface area contributed by atoms with Crippen molar-refractivity contribution in [3.05, 3.63) is 36.5 Å². The second-order valence-corrected chi connectivity index (χ2v) is 12.5. The number of rotatable bonds is 12. The van der Waals surface area contributed by atoms with E-state index in [0.29, 0.717) is 31.3 Å². The van der Waals surface area contributed by atoms with Crippen molar-refractivity contribution in [1.82, 2.24) is 0 Å². The van der Waals surface area contributed by atoms with Crippen LogP contribution in [-0.2, 0) is 42.9 Å².